The summed E-state index contributed by atoms with van der Waals surface area (Å²) in [5.74, 6) is 1.65. The maximum absolute atomic E-state index is 12.5. The van der Waals surface area contributed by atoms with Crippen LogP contribution in [0.5, 0.6) is 0 Å². The highest BCUT2D eigenvalue weighted by atomic mass is 127. The van der Waals surface area contributed by atoms with Crippen molar-refractivity contribution in [2.75, 3.05) is 19.7 Å². The van der Waals surface area contributed by atoms with Gasteiger partial charge in [-0.15, -0.1) is 24.0 Å². The van der Waals surface area contributed by atoms with E-state index in [0.717, 1.165) is 43.4 Å². The van der Waals surface area contributed by atoms with Crippen LogP contribution in [0.4, 0.5) is 0 Å². The average Bonchev–Trinajstić information content (AvgIpc) is 3.26. The molecule has 1 amide bonds. The number of carbonyl (C=O) groups is 1. The number of nitrogens with zero attached hydrogens (tertiary/aromatic N) is 1. The Kier molecular flexibility index (Phi) is 10.9. The Labute approximate surface area is 198 Å². The number of amides is 1. The van der Waals surface area contributed by atoms with Crippen molar-refractivity contribution in [3.63, 3.8) is 0 Å². The number of rotatable bonds is 7. The summed E-state index contributed by atoms with van der Waals surface area (Å²) in [6.07, 6.45) is 7.21. The van der Waals surface area contributed by atoms with Crippen LogP contribution in [0.15, 0.2) is 29.3 Å². The van der Waals surface area contributed by atoms with E-state index in [9.17, 15) is 4.79 Å². The van der Waals surface area contributed by atoms with E-state index >= 15 is 0 Å². The summed E-state index contributed by atoms with van der Waals surface area (Å²) in [6.45, 7) is 7.18. The molecule has 1 aliphatic carbocycles. The Morgan fingerprint density at radius 3 is 2.67 bits per heavy atom. The third-order valence-corrected chi connectivity index (χ3v) is 5.82. The highest BCUT2D eigenvalue weighted by molar-refractivity contribution is 14.0. The van der Waals surface area contributed by atoms with Crippen LogP contribution in [0.3, 0.4) is 0 Å². The van der Waals surface area contributed by atoms with Crippen LogP contribution in [-0.2, 0) is 11.3 Å². The summed E-state index contributed by atoms with van der Waals surface area (Å²) in [7, 11) is 0. The van der Waals surface area contributed by atoms with Crippen LogP contribution in [0.25, 0.3) is 0 Å². The molecule has 1 saturated heterocycles. The fourth-order valence-corrected chi connectivity index (χ4v) is 4.01. The van der Waals surface area contributed by atoms with E-state index in [4.69, 9.17) is 9.73 Å². The summed E-state index contributed by atoms with van der Waals surface area (Å²) in [5.41, 5.74) is 1.71. The first-order chi connectivity index (χ1) is 14.1. The zero-order valence-corrected chi connectivity index (χ0v) is 20.6. The number of halogens is 1. The highest BCUT2D eigenvalue weighted by Crippen LogP contribution is 2.23. The van der Waals surface area contributed by atoms with Crippen LogP contribution in [0, 0.1) is 5.92 Å². The minimum absolute atomic E-state index is 0. The summed E-state index contributed by atoms with van der Waals surface area (Å²) >= 11 is 0. The zero-order chi connectivity index (χ0) is 20.5. The Hall–Kier alpha value is -1.35. The highest BCUT2D eigenvalue weighted by Gasteiger charge is 2.19. The second-order valence-electron chi connectivity index (χ2n) is 8.34. The Bertz CT molecular complexity index is 684. The number of hydrogen-bond donors (Lipinski definition) is 3. The Morgan fingerprint density at radius 1 is 1.17 bits per heavy atom. The third-order valence-electron chi connectivity index (χ3n) is 5.82. The van der Waals surface area contributed by atoms with E-state index in [1.807, 2.05) is 24.3 Å². The van der Waals surface area contributed by atoms with Crippen molar-refractivity contribution in [2.24, 2.45) is 10.9 Å². The molecule has 30 heavy (non-hydrogen) atoms. The van der Waals surface area contributed by atoms with Gasteiger partial charge < -0.3 is 20.7 Å². The molecule has 0 radical (unpaired) electrons. The predicted octanol–water partition coefficient (Wildman–Crippen LogP) is 3.85. The lowest BCUT2D eigenvalue weighted by molar-refractivity contribution is 0.0857. The van der Waals surface area contributed by atoms with E-state index in [1.54, 1.807) is 0 Å². The van der Waals surface area contributed by atoms with Gasteiger partial charge in [-0.05, 0) is 69.1 Å². The summed E-state index contributed by atoms with van der Waals surface area (Å²) in [6, 6.07) is 8.23. The lowest BCUT2D eigenvalue weighted by atomic mass is 9.87. The topological polar surface area (TPSA) is 74.8 Å². The van der Waals surface area contributed by atoms with E-state index in [1.165, 1.54) is 25.7 Å². The van der Waals surface area contributed by atoms with Gasteiger partial charge >= 0.3 is 0 Å². The molecule has 3 rings (SSSR count). The molecule has 168 valence electrons. The molecule has 7 heteroatoms. The normalized spacial score (nSPS) is 24.1. The minimum atomic E-state index is -0.0484. The first kappa shape index (κ1) is 24.9. The van der Waals surface area contributed by atoms with Crippen molar-refractivity contribution >= 4 is 35.8 Å². The van der Waals surface area contributed by atoms with E-state index in [-0.39, 0.29) is 36.0 Å². The fraction of sp³-hybridized carbons (Fsp3) is 0.652. The number of carbonyl (C=O) groups excluding carboxylic acids is 1. The molecule has 1 heterocycles. The van der Waals surface area contributed by atoms with Crippen molar-refractivity contribution in [3.8, 4) is 0 Å². The van der Waals surface area contributed by atoms with Gasteiger partial charge in [0.15, 0.2) is 5.96 Å². The van der Waals surface area contributed by atoms with Crippen LogP contribution >= 0.6 is 24.0 Å². The predicted molar refractivity (Wildman–Crippen MR) is 133 cm³/mol. The number of benzene rings is 1. The first-order valence-corrected chi connectivity index (χ1v) is 11.2. The SMILES string of the molecule is CCNC(=NCc1cccc(C(=O)NCC2CCCO2)c1)NC1CCC(C)CC1.I. The van der Waals surface area contributed by atoms with E-state index in [2.05, 4.69) is 29.8 Å². The smallest absolute Gasteiger partial charge is 0.251 e. The van der Waals surface area contributed by atoms with Gasteiger partial charge in [0.1, 0.15) is 0 Å². The maximum atomic E-state index is 12.5. The van der Waals surface area contributed by atoms with Gasteiger partial charge in [0.05, 0.1) is 12.6 Å². The van der Waals surface area contributed by atoms with Gasteiger partial charge in [-0.25, -0.2) is 4.99 Å². The quantitative estimate of drug-likeness (QED) is 0.286. The molecule has 1 saturated carbocycles. The van der Waals surface area contributed by atoms with E-state index in [0.29, 0.717) is 24.7 Å². The Morgan fingerprint density at radius 2 is 1.97 bits per heavy atom. The summed E-state index contributed by atoms with van der Waals surface area (Å²) in [5, 5.41) is 9.91. The lowest BCUT2D eigenvalue weighted by Crippen LogP contribution is -2.44. The van der Waals surface area contributed by atoms with Crippen LogP contribution < -0.4 is 16.0 Å². The standard InChI is InChI=1S/C23H36N4O2.HI/c1-3-24-23(27-20-11-9-17(2)10-12-20)26-15-18-6-4-7-19(14-18)22(28)25-16-21-8-5-13-29-21;/h4,6-7,14,17,20-21H,3,5,8-13,15-16H2,1-2H3,(H,25,28)(H2,24,26,27);1H. The maximum Gasteiger partial charge on any atom is 0.251 e. The number of guanidine groups is 1. The molecular formula is C23H37IN4O2. The van der Waals surface area contributed by atoms with Crippen LogP contribution in [0.1, 0.15) is 68.3 Å². The lowest BCUT2D eigenvalue weighted by Gasteiger charge is -2.28. The molecular weight excluding hydrogens is 491 g/mol. The summed E-state index contributed by atoms with van der Waals surface area (Å²) < 4.78 is 5.57. The molecule has 1 unspecified atom stereocenters. The molecule has 2 aliphatic rings. The minimum Gasteiger partial charge on any atom is -0.376 e. The van der Waals surface area contributed by atoms with Gasteiger partial charge in [-0.2, -0.15) is 0 Å². The molecule has 1 aliphatic heterocycles. The van der Waals surface area contributed by atoms with Gasteiger partial charge in [-0.1, -0.05) is 19.1 Å². The first-order valence-electron chi connectivity index (χ1n) is 11.2. The van der Waals surface area contributed by atoms with E-state index < -0.39 is 0 Å². The second kappa shape index (κ2) is 13.1. The van der Waals surface area contributed by atoms with Gasteiger partial charge in [-0.3, -0.25) is 4.79 Å². The molecule has 0 spiro atoms. The number of ether oxygens (including phenoxy) is 1. The molecule has 1 aromatic rings. The van der Waals surface area contributed by atoms with Crippen LogP contribution in [0.2, 0.25) is 0 Å². The second-order valence-corrected chi connectivity index (χ2v) is 8.34. The number of aliphatic imine (C=N–C) groups is 1. The monoisotopic (exact) mass is 528 g/mol. The van der Waals surface area contributed by atoms with Gasteiger partial charge in [0.2, 0.25) is 0 Å². The van der Waals surface area contributed by atoms with Gasteiger partial charge in [0, 0.05) is 31.3 Å². The Balaban J connectivity index is 0.00000320. The van der Waals surface area contributed by atoms with Crippen molar-refractivity contribution in [3.05, 3.63) is 35.4 Å². The largest absolute Gasteiger partial charge is 0.376 e. The van der Waals surface area contributed by atoms with Crippen molar-refractivity contribution in [1.82, 2.24) is 16.0 Å². The molecule has 0 bridgehead atoms. The number of nitrogens with one attached hydrogen (secondary N) is 3. The number of hydrogen-bond acceptors (Lipinski definition) is 3. The van der Waals surface area contributed by atoms with Crippen molar-refractivity contribution in [1.29, 1.82) is 0 Å². The molecule has 3 N–H and O–H groups in total. The molecule has 0 aromatic heterocycles. The summed E-state index contributed by atoms with van der Waals surface area (Å²) in [4.78, 5) is 17.2. The molecule has 1 atom stereocenters. The van der Waals surface area contributed by atoms with Crippen molar-refractivity contribution in [2.45, 2.75) is 71.1 Å². The average molecular weight is 528 g/mol. The fourth-order valence-electron chi connectivity index (χ4n) is 4.01. The molecule has 6 nitrogen and oxygen atoms in total. The van der Waals surface area contributed by atoms with Gasteiger partial charge in [0.25, 0.3) is 5.91 Å². The zero-order valence-electron chi connectivity index (χ0n) is 18.3. The molecule has 2 fully saturated rings. The van der Waals surface area contributed by atoms with Crippen molar-refractivity contribution < 1.29 is 9.53 Å². The molecule has 1 aromatic carbocycles. The van der Waals surface area contributed by atoms with Crippen LogP contribution in [-0.4, -0.2) is 43.7 Å². The third kappa shape index (κ3) is 8.06.